The summed E-state index contributed by atoms with van der Waals surface area (Å²) in [5.41, 5.74) is 7.39. The van der Waals surface area contributed by atoms with Gasteiger partial charge in [0.25, 0.3) is 0 Å². The van der Waals surface area contributed by atoms with Crippen molar-refractivity contribution in [3.63, 3.8) is 0 Å². The van der Waals surface area contributed by atoms with E-state index in [1.165, 1.54) is 6.07 Å². The van der Waals surface area contributed by atoms with Gasteiger partial charge in [0.15, 0.2) is 0 Å². The first kappa shape index (κ1) is 11.2. The second-order valence-corrected chi connectivity index (χ2v) is 4.87. The summed E-state index contributed by atoms with van der Waals surface area (Å²) in [5.74, 6) is -0.201. The number of aryl methyl sites for hydroxylation is 1. The third-order valence-corrected chi connectivity index (χ3v) is 2.42. The molecule has 0 saturated carbocycles. The van der Waals surface area contributed by atoms with Gasteiger partial charge in [0, 0.05) is 11.6 Å². The Morgan fingerprint density at radius 3 is 2.29 bits per heavy atom. The van der Waals surface area contributed by atoms with E-state index in [4.69, 9.17) is 5.73 Å². The molecular weight excluding hydrogens is 177 g/mol. The summed E-state index contributed by atoms with van der Waals surface area (Å²) in [6, 6.07) is 4.94. The van der Waals surface area contributed by atoms with Gasteiger partial charge in [-0.25, -0.2) is 4.39 Å². The highest BCUT2D eigenvalue weighted by Crippen LogP contribution is 2.31. The van der Waals surface area contributed by atoms with Crippen LogP contribution in [0.2, 0.25) is 0 Å². The smallest absolute Gasteiger partial charge is 0.128 e. The molecule has 1 nitrogen and oxygen atoms in total. The summed E-state index contributed by atoms with van der Waals surface area (Å²) < 4.78 is 13.6. The van der Waals surface area contributed by atoms with E-state index >= 15 is 0 Å². The van der Waals surface area contributed by atoms with Crippen molar-refractivity contribution in [2.24, 2.45) is 11.1 Å². The monoisotopic (exact) mass is 195 g/mol. The van der Waals surface area contributed by atoms with E-state index in [9.17, 15) is 4.39 Å². The minimum atomic E-state index is -0.261. The zero-order valence-corrected chi connectivity index (χ0v) is 9.26. The van der Waals surface area contributed by atoms with E-state index in [-0.39, 0.29) is 17.3 Å². The van der Waals surface area contributed by atoms with E-state index < -0.39 is 0 Å². The molecule has 14 heavy (non-hydrogen) atoms. The number of hydrogen-bond acceptors (Lipinski definition) is 1. The van der Waals surface area contributed by atoms with Crippen molar-refractivity contribution in [1.82, 2.24) is 0 Å². The molecule has 0 aliphatic carbocycles. The van der Waals surface area contributed by atoms with Gasteiger partial charge in [0.2, 0.25) is 0 Å². The molecule has 2 N–H and O–H groups in total. The van der Waals surface area contributed by atoms with Crippen molar-refractivity contribution in [3.8, 4) is 0 Å². The Kier molecular flexibility index (Phi) is 2.95. The van der Waals surface area contributed by atoms with Crippen LogP contribution in [0.25, 0.3) is 0 Å². The lowest BCUT2D eigenvalue weighted by Gasteiger charge is -2.27. The second kappa shape index (κ2) is 3.70. The summed E-state index contributed by atoms with van der Waals surface area (Å²) in [7, 11) is 0. The molecule has 0 fully saturated rings. The summed E-state index contributed by atoms with van der Waals surface area (Å²) in [5, 5.41) is 0. The predicted octanol–water partition coefficient (Wildman–Crippen LogP) is 3.18. The fraction of sp³-hybridized carbons (Fsp3) is 0.500. The maximum absolute atomic E-state index is 13.6. The predicted molar refractivity (Wildman–Crippen MR) is 57.5 cm³/mol. The highest BCUT2D eigenvalue weighted by Gasteiger charge is 2.24. The lowest BCUT2D eigenvalue weighted by Crippen LogP contribution is -2.27. The number of nitrogens with two attached hydrogens (primary N) is 1. The quantitative estimate of drug-likeness (QED) is 0.731. The largest absolute Gasteiger partial charge is 0.323 e. The number of benzene rings is 1. The van der Waals surface area contributed by atoms with Crippen LogP contribution in [0.5, 0.6) is 0 Å². The van der Waals surface area contributed by atoms with Crippen molar-refractivity contribution in [1.29, 1.82) is 0 Å². The van der Waals surface area contributed by atoms with Gasteiger partial charge in [0.05, 0.1) is 0 Å². The van der Waals surface area contributed by atoms with E-state index in [2.05, 4.69) is 0 Å². The molecule has 0 amide bonds. The molecule has 0 heterocycles. The minimum Gasteiger partial charge on any atom is -0.323 e. The van der Waals surface area contributed by atoms with Gasteiger partial charge in [-0.1, -0.05) is 32.9 Å². The Morgan fingerprint density at radius 2 is 1.86 bits per heavy atom. The minimum absolute atomic E-state index is 0.115. The molecule has 2 heteroatoms. The molecule has 0 radical (unpaired) electrons. The van der Waals surface area contributed by atoms with E-state index in [1.807, 2.05) is 33.8 Å². The molecule has 1 atom stereocenters. The lowest BCUT2D eigenvalue weighted by atomic mass is 9.83. The Morgan fingerprint density at radius 1 is 1.29 bits per heavy atom. The Hall–Kier alpha value is -0.890. The maximum Gasteiger partial charge on any atom is 0.128 e. The van der Waals surface area contributed by atoms with Crippen molar-refractivity contribution in [3.05, 3.63) is 35.1 Å². The van der Waals surface area contributed by atoms with Crippen LogP contribution < -0.4 is 5.73 Å². The molecule has 78 valence electrons. The third kappa shape index (κ3) is 2.32. The maximum atomic E-state index is 13.6. The molecule has 1 aromatic rings. The summed E-state index contributed by atoms with van der Waals surface area (Å²) in [6.07, 6.45) is 0. The van der Waals surface area contributed by atoms with Gasteiger partial charge >= 0.3 is 0 Å². The average Bonchev–Trinajstić information content (AvgIpc) is 2.01. The van der Waals surface area contributed by atoms with Gasteiger partial charge in [-0.15, -0.1) is 0 Å². The van der Waals surface area contributed by atoms with Crippen molar-refractivity contribution < 1.29 is 4.39 Å². The topological polar surface area (TPSA) is 26.0 Å². The normalized spacial score (nSPS) is 14.1. The molecule has 0 unspecified atom stereocenters. The highest BCUT2D eigenvalue weighted by molar-refractivity contribution is 5.26. The fourth-order valence-corrected chi connectivity index (χ4v) is 1.35. The first-order valence-corrected chi connectivity index (χ1v) is 4.84. The molecule has 0 aliphatic rings. The van der Waals surface area contributed by atoms with Crippen LogP contribution in [0.4, 0.5) is 4.39 Å². The summed E-state index contributed by atoms with van der Waals surface area (Å²) in [4.78, 5) is 0. The first-order chi connectivity index (χ1) is 6.32. The molecule has 0 aromatic heterocycles. The van der Waals surface area contributed by atoms with Gasteiger partial charge in [0.1, 0.15) is 5.82 Å². The molecule has 0 bridgehead atoms. The van der Waals surface area contributed by atoms with E-state index in [1.54, 1.807) is 6.07 Å². The van der Waals surface area contributed by atoms with Crippen LogP contribution in [-0.4, -0.2) is 0 Å². The van der Waals surface area contributed by atoms with Crippen LogP contribution in [0.15, 0.2) is 18.2 Å². The van der Waals surface area contributed by atoms with Gasteiger partial charge in [-0.2, -0.15) is 0 Å². The van der Waals surface area contributed by atoms with Crippen LogP contribution >= 0.6 is 0 Å². The van der Waals surface area contributed by atoms with Crippen molar-refractivity contribution >= 4 is 0 Å². The molecule has 0 aliphatic heterocycles. The van der Waals surface area contributed by atoms with Gasteiger partial charge < -0.3 is 5.73 Å². The zero-order chi connectivity index (χ0) is 10.9. The van der Waals surface area contributed by atoms with Crippen LogP contribution in [0.3, 0.4) is 0 Å². The molecule has 0 spiro atoms. The Labute approximate surface area is 85.1 Å². The van der Waals surface area contributed by atoms with Gasteiger partial charge in [-0.05, 0) is 24.0 Å². The average molecular weight is 195 g/mol. The van der Waals surface area contributed by atoms with E-state index in [0.717, 1.165) is 5.56 Å². The summed E-state index contributed by atoms with van der Waals surface area (Å²) in [6.45, 7) is 7.90. The van der Waals surface area contributed by atoms with Crippen LogP contribution in [-0.2, 0) is 0 Å². The van der Waals surface area contributed by atoms with Crippen LogP contribution in [0.1, 0.15) is 37.9 Å². The fourth-order valence-electron chi connectivity index (χ4n) is 1.35. The molecular formula is C12H18FN. The van der Waals surface area contributed by atoms with Crippen LogP contribution in [0, 0.1) is 18.2 Å². The number of rotatable bonds is 1. The van der Waals surface area contributed by atoms with Crippen molar-refractivity contribution in [2.75, 3.05) is 0 Å². The summed E-state index contributed by atoms with van der Waals surface area (Å²) >= 11 is 0. The molecule has 1 aromatic carbocycles. The Bertz CT molecular complexity index is 326. The zero-order valence-electron chi connectivity index (χ0n) is 9.26. The SMILES string of the molecule is Cc1ccc([C@@H](N)C(C)(C)C)c(F)c1. The Balaban J connectivity index is 3.08. The van der Waals surface area contributed by atoms with E-state index in [0.29, 0.717) is 5.56 Å². The number of halogens is 1. The molecule has 0 saturated heterocycles. The molecule has 1 rings (SSSR count). The lowest BCUT2D eigenvalue weighted by molar-refractivity contribution is 0.319. The number of hydrogen-bond donors (Lipinski definition) is 1. The first-order valence-electron chi connectivity index (χ1n) is 4.84. The standard InChI is InChI=1S/C12H18FN/c1-8-5-6-9(10(13)7-8)11(14)12(2,3)4/h5-7,11H,14H2,1-4H3/t11-/m1/s1. The van der Waals surface area contributed by atoms with Crippen molar-refractivity contribution in [2.45, 2.75) is 33.7 Å². The highest BCUT2D eigenvalue weighted by atomic mass is 19.1. The third-order valence-electron chi connectivity index (χ3n) is 2.42. The second-order valence-electron chi connectivity index (χ2n) is 4.87. The van der Waals surface area contributed by atoms with Gasteiger partial charge in [-0.3, -0.25) is 0 Å².